The first-order valence-corrected chi connectivity index (χ1v) is 6.49. The van der Waals surface area contributed by atoms with Gasteiger partial charge in [0.1, 0.15) is 0 Å². The highest BCUT2D eigenvalue weighted by atomic mass is 16.3. The summed E-state index contributed by atoms with van der Waals surface area (Å²) in [6.45, 7) is 3.93. The number of fused-ring (bicyclic) bond motifs is 1. The van der Waals surface area contributed by atoms with Crippen molar-refractivity contribution in [3.05, 3.63) is 22.4 Å². The predicted molar refractivity (Wildman–Crippen MR) is 72.4 cm³/mol. The van der Waals surface area contributed by atoms with Crippen LogP contribution in [0.1, 0.15) is 32.4 Å². The highest BCUT2D eigenvalue weighted by molar-refractivity contribution is 5.62. The van der Waals surface area contributed by atoms with Gasteiger partial charge in [0.05, 0.1) is 12.3 Å². The Labute approximate surface area is 110 Å². The highest BCUT2D eigenvalue weighted by Crippen LogP contribution is 2.13. The summed E-state index contributed by atoms with van der Waals surface area (Å²) in [6.07, 6.45) is 4.60. The van der Waals surface area contributed by atoms with Gasteiger partial charge in [-0.15, -0.1) is 5.10 Å². The molecule has 2 aromatic heterocycles. The molecule has 2 rings (SSSR count). The molecular weight excluding hydrogens is 246 g/mol. The first-order valence-electron chi connectivity index (χ1n) is 6.49. The van der Waals surface area contributed by atoms with Gasteiger partial charge >= 0.3 is 5.69 Å². The second kappa shape index (κ2) is 5.83. The fourth-order valence-electron chi connectivity index (χ4n) is 1.82. The molecule has 0 fully saturated rings. The maximum atomic E-state index is 11.7. The van der Waals surface area contributed by atoms with Crippen LogP contribution in [0.25, 0.3) is 5.65 Å². The Kier molecular flexibility index (Phi) is 4.16. The van der Waals surface area contributed by atoms with E-state index in [4.69, 9.17) is 5.11 Å². The van der Waals surface area contributed by atoms with E-state index in [0.29, 0.717) is 11.5 Å². The van der Waals surface area contributed by atoms with Crippen LogP contribution in [0.2, 0.25) is 0 Å². The van der Waals surface area contributed by atoms with E-state index in [0.717, 1.165) is 25.0 Å². The third-order valence-corrected chi connectivity index (χ3v) is 2.89. The molecule has 2 aromatic rings. The molecule has 0 aliphatic rings. The Morgan fingerprint density at radius 2 is 2.37 bits per heavy atom. The van der Waals surface area contributed by atoms with Crippen molar-refractivity contribution in [1.29, 1.82) is 0 Å². The first-order chi connectivity index (χ1) is 9.15. The lowest BCUT2D eigenvalue weighted by Gasteiger charge is -2.13. The van der Waals surface area contributed by atoms with Gasteiger partial charge in [-0.2, -0.15) is 0 Å². The van der Waals surface area contributed by atoms with Gasteiger partial charge in [0.2, 0.25) is 5.65 Å². The minimum Gasteiger partial charge on any atom is -0.394 e. The zero-order chi connectivity index (χ0) is 13.8. The van der Waals surface area contributed by atoms with Crippen molar-refractivity contribution in [2.75, 3.05) is 11.9 Å². The summed E-state index contributed by atoms with van der Waals surface area (Å²) in [5, 5.41) is 18.5. The quantitative estimate of drug-likeness (QED) is 0.709. The van der Waals surface area contributed by atoms with Gasteiger partial charge in [-0.1, -0.05) is 13.3 Å². The molecule has 0 aliphatic heterocycles. The lowest BCUT2D eigenvalue weighted by Crippen LogP contribution is -2.21. The molecule has 0 saturated carbocycles. The van der Waals surface area contributed by atoms with E-state index < -0.39 is 0 Å². The molecule has 7 heteroatoms. The number of nitrogens with one attached hydrogen (secondary N) is 2. The van der Waals surface area contributed by atoms with Crippen molar-refractivity contribution in [1.82, 2.24) is 19.6 Å². The molecule has 2 heterocycles. The number of rotatable bonds is 6. The molecule has 0 bridgehead atoms. The van der Waals surface area contributed by atoms with E-state index >= 15 is 0 Å². The van der Waals surface area contributed by atoms with E-state index in [1.165, 1.54) is 4.40 Å². The Morgan fingerprint density at radius 3 is 3.05 bits per heavy atom. The molecule has 0 aliphatic carbocycles. The number of aliphatic hydroxyl groups excluding tert-OH is 1. The van der Waals surface area contributed by atoms with Crippen LogP contribution in [0.3, 0.4) is 0 Å². The van der Waals surface area contributed by atoms with Crippen molar-refractivity contribution >= 4 is 11.5 Å². The van der Waals surface area contributed by atoms with Crippen LogP contribution in [0.4, 0.5) is 5.82 Å². The van der Waals surface area contributed by atoms with Gasteiger partial charge in [0, 0.05) is 12.2 Å². The highest BCUT2D eigenvalue weighted by Gasteiger charge is 2.12. The maximum absolute atomic E-state index is 11.7. The van der Waals surface area contributed by atoms with Gasteiger partial charge in [0.15, 0.2) is 5.82 Å². The number of aromatic nitrogens is 4. The molecule has 0 spiro atoms. The Hall–Kier alpha value is -1.89. The molecule has 0 saturated heterocycles. The van der Waals surface area contributed by atoms with Crippen molar-refractivity contribution in [3.8, 4) is 0 Å². The minimum atomic E-state index is -0.283. The molecule has 104 valence electrons. The molecule has 7 nitrogen and oxygen atoms in total. The van der Waals surface area contributed by atoms with Crippen molar-refractivity contribution < 1.29 is 5.11 Å². The SMILES string of the molecule is CCCCc1cn2c(=O)[nH]nc2c(NC(C)CO)n1. The molecule has 1 unspecified atom stereocenters. The van der Waals surface area contributed by atoms with Crippen molar-refractivity contribution in [3.63, 3.8) is 0 Å². The number of unbranched alkanes of at least 4 members (excludes halogenated alkanes) is 1. The molecule has 19 heavy (non-hydrogen) atoms. The number of aliphatic hydroxyl groups is 1. The Balaban J connectivity index is 2.43. The van der Waals surface area contributed by atoms with E-state index in [-0.39, 0.29) is 18.3 Å². The van der Waals surface area contributed by atoms with Gasteiger partial charge < -0.3 is 10.4 Å². The smallest absolute Gasteiger partial charge is 0.347 e. The monoisotopic (exact) mass is 265 g/mol. The van der Waals surface area contributed by atoms with Crippen LogP contribution in [-0.4, -0.2) is 37.3 Å². The van der Waals surface area contributed by atoms with E-state index in [2.05, 4.69) is 27.4 Å². The molecule has 3 N–H and O–H groups in total. The summed E-state index contributed by atoms with van der Waals surface area (Å²) >= 11 is 0. The lowest BCUT2D eigenvalue weighted by atomic mass is 10.2. The standard InChI is InChI=1S/C12H19N5O2/c1-3-4-5-9-6-17-11(15-16-12(17)19)10(14-9)13-8(2)7-18/h6,8,18H,3-5,7H2,1-2H3,(H,13,14)(H,16,19). The Morgan fingerprint density at radius 1 is 1.58 bits per heavy atom. The predicted octanol–water partition coefficient (Wildman–Crippen LogP) is 0.553. The minimum absolute atomic E-state index is 0.0122. The molecule has 0 radical (unpaired) electrons. The van der Waals surface area contributed by atoms with Crippen LogP contribution >= 0.6 is 0 Å². The van der Waals surface area contributed by atoms with Gasteiger partial charge in [-0.05, 0) is 19.8 Å². The van der Waals surface area contributed by atoms with Crippen molar-refractivity contribution in [2.45, 2.75) is 39.2 Å². The first kappa shape index (κ1) is 13.5. The second-order valence-corrected chi connectivity index (χ2v) is 4.63. The Bertz CT molecular complexity index is 604. The average molecular weight is 265 g/mol. The third-order valence-electron chi connectivity index (χ3n) is 2.89. The maximum Gasteiger partial charge on any atom is 0.347 e. The van der Waals surface area contributed by atoms with Crippen molar-refractivity contribution in [2.24, 2.45) is 0 Å². The van der Waals surface area contributed by atoms with Crippen LogP contribution in [-0.2, 0) is 6.42 Å². The summed E-state index contributed by atoms with van der Waals surface area (Å²) in [5.41, 5.74) is 1.01. The summed E-state index contributed by atoms with van der Waals surface area (Å²) in [4.78, 5) is 16.1. The summed E-state index contributed by atoms with van der Waals surface area (Å²) in [7, 11) is 0. The largest absolute Gasteiger partial charge is 0.394 e. The molecule has 1 atom stereocenters. The summed E-state index contributed by atoms with van der Waals surface area (Å²) in [6, 6.07) is -0.149. The van der Waals surface area contributed by atoms with E-state index in [1.807, 2.05) is 6.92 Å². The van der Waals surface area contributed by atoms with E-state index in [1.54, 1.807) is 6.20 Å². The number of aromatic amines is 1. The third kappa shape index (κ3) is 2.93. The zero-order valence-corrected chi connectivity index (χ0v) is 11.2. The van der Waals surface area contributed by atoms with Crippen LogP contribution in [0, 0.1) is 0 Å². The lowest BCUT2D eigenvalue weighted by molar-refractivity contribution is 0.281. The van der Waals surface area contributed by atoms with Gasteiger partial charge in [-0.3, -0.25) is 0 Å². The van der Waals surface area contributed by atoms with Gasteiger partial charge in [0.25, 0.3) is 0 Å². The number of nitrogens with zero attached hydrogens (tertiary/aromatic N) is 3. The van der Waals surface area contributed by atoms with Crippen LogP contribution in [0.5, 0.6) is 0 Å². The number of hydrogen-bond acceptors (Lipinski definition) is 5. The normalized spacial score (nSPS) is 12.8. The molecule has 0 aromatic carbocycles. The average Bonchev–Trinajstić information content (AvgIpc) is 2.78. The molecular formula is C12H19N5O2. The van der Waals surface area contributed by atoms with Gasteiger partial charge in [-0.25, -0.2) is 19.3 Å². The fraction of sp³-hybridized carbons (Fsp3) is 0.583. The summed E-state index contributed by atoms with van der Waals surface area (Å²) < 4.78 is 1.45. The van der Waals surface area contributed by atoms with E-state index in [9.17, 15) is 4.79 Å². The number of H-pyrrole nitrogens is 1. The second-order valence-electron chi connectivity index (χ2n) is 4.63. The fourth-order valence-corrected chi connectivity index (χ4v) is 1.82. The zero-order valence-electron chi connectivity index (χ0n) is 11.2. The number of hydrogen-bond donors (Lipinski definition) is 3. The topological polar surface area (TPSA) is 95.3 Å². The molecule has 0 amide bonds. The summed E-state index contributed by atoms with van der Waals surface area (Å²) in [5.74, 6) is 0.522. The number of anilines is 1. The van der Waals surface area contributed by atoms with Crippen LogP contribution < -0.4 is 11.0 Å². The van der Waals surface area contributed by atoms with Crippen LogP contribution in [0.15, 0.2) is 11.0 Å². The number of aryl methyl sites for hydroxylation is 1.